The van der Waals surface area contributed by atoms with Gasteiger partial charge in [0.2, 0.25) is 0 Å². The van der Waals surface area contributed by atoms with Crippen LogP contribution in [0.1, 0.15) is 37.1 Å². The van der Waals surface area contributed by atoms with E-state index in [0.29, 0.717) is 21.6 Å². The highest BCUT2D eigenvalue weighted by Crippen LogP contribution is 2.36. The van der Waals surface area contributed by atoms with Gasteiger partial charge in [0.25, 0.3) is 0 Å². The number of hydrogen-bond acceptors (Lipinski definition) is 3. The van der Waals surface area contributed by atoms with Crippen molar-refractivity contribution in [1.82, 2.24) is 5.32 Å². The Labute approximate surface area is 179 Å². The van der Waals surface area contributed by atoms with Gasteiger partial charge in [-0.05, 0) is 56.2 Å². The molecule has 2 aromatic carbocycles. The fraction of sp³-hybridized carbons (Fsp3) is 0.350. The minimum absolute atomic E-state index is 0.0574. The minimum atomic E-state index is -0.548. The third kappa shape index (κ3) is 7.82. The van der Waals surface area contributed by atoms with Gasteiger partial charge in [-0.1, -0.05) is 53.0 Å². The molecule has 0 unspecified atom stereocenters. The summed E-state index contributed by atoms with van der Waals surface area (Å²) in [5, 5.41) is 4.62. The van der Waals surface area contributed by atoms with Gasteiger partial charge in [-0.3, -0.25) is 0 Å². The van der Waals surface area contributed by atoms with Gasteiger partial charge in [0, 0.05) is 32.6 Å². The molecular formula is C20H22Cl3NO2S. The molecule has 0 aliphatic heterocycles. The zero-order valence-electron chi connectivity index (χ0n) is 15.4. The number of halogens is 3. The van der Waals surface area contributed by atoms with Gasteiger partial charge in [-0.2, -0.15) is 0 Å². The number of ether oxygens (including phenoxy) is 1. The van der Waals surface area contributed by atoms with Gasteiger partial charge in [0.05, 0.1) is 0 Å². The van der Waals surface area contributed by atoms with E-state index in [0.717, 1.165) is 16.9 Å². The SMILES string of the molecule is CC(C)(C)OC(=O)NC[C@@H](SCc1ccc(Cl)cc1)c1ccc(Cl)cc1Cl. The van der Waals surface area contributed by atoms with Crippen molar-refractivity contribution in [1.29, 1.82) is 0 Å². The first-order chi connectivity index (χ1) is 12.6. The Hall–Kier alpha value is -1.07. The van der Waals surface area contributed by atoms with Crippen LogP contribution in [0.4, 0.5) is 4.79 Å². The molecule has 2 aromatic rings. The molecule has 3 nitrogen and oxygen atoms in total. The van der Waals surface area contributed by atoms with Crippen molar-refractivity contribution in [2.75, 3.05) is 6.54 Å². The Morgan fingerprint density at radius 1 is 1.07 bits per heavy atom. The van der Waals surface area contributed by atoms with Crippen LogP contribution in [0.3, 0.4) is 0 Å². The summed E-state index contributed by atoms with van der Waals surface area (Å²) in [5.41, 5.74) is 1.50. The lowest BCUT2D eigenvalue weighted by Crippen LogP contribution is -2.34. The number of rotatable bonds is 6. The van der Waals surface area contributed by atoms with Gasteiger partial charge in [-0.15, -0.1) is 11.8 Å². The maximum Gasteiger partial charge on any atom is 0.407 e. The van der Waals surface area contributed by atoms with E-state index in [2.05, 4.69) is 5.32 Å². The fourth-order valence-electron chi connectivity index (χ4n) is 2.29. The summed E-state index contributed by atoms with van der Waals surface area (Å²) in [6.45, 7) is 5.87. The predicted octanol–water partition coefficient (Wildman–Crippen LogP) is 7.15. The second-order valence-corrected chi connectivity index (χ2v) is 9.45. The highest BCUT2D eigenvalue weighted by molar-refractivity contribution is 7.98. The Morgan fingerprint density at radius 3 is 2.30 bits per heavy atom. The van der Waals surface area contributed by atoms with Crippen LogP contribution in [-0.2, 0) is 10.5 Å². The summed E-state index contributed by atoms with van der Waals surface area (Å²) in [6, 6.07) is 13.1. The highest BCUT2D eigenvalue weighted by atomic mass is 35.5. The van der Waals surface area contributed by atoms with Crippen molar-refractivity contribution >= 4 is 52.7 Å². The second kappa shape index (κ2) is 9.92. The molecule has 7 heteroatoms. The number of hydrogen-bond donors (Lipinski definition) is 1. The van der Waals surface area contributed by atoms with Gasteiger partial charge in [0.15, 0.2) is 0 Å². The summed E-state index contributed by atoms with van der Waals surface area (Å²) < 4.78 is 5.32. The molecule has 0 fully saturated rings. The molecule has 146 valence electrons. The lowest BCUT2D eigenvalue weighted by Gasteiger charge is -2.22. The molecule has 2 rings (SSSR count). The lowest BCUT2D eigenvalue weighted by atomic mass is 10.1. The maximum atomic E-state index is 12.0. The Balaban J connectivity index is 2.10. The topological polar surface area (TPSA) is 38.3 Å². The molecular weight excluding hydrogens is 425 g/mol. The van der Waals surface area contributed by atoms with E-state index in [1.807, 2.05) is 51.1 Å². The monoisotopic (exact) mass is 445 g/mol. The third-order valence-corrected chi connectivity index (χ3v) is 5.64. The molecule has 1 atom stereocenters. The average molecular weight is 447 g/mol. The number of thioether (sulfide) groups is 1. The standard InChI is InChI=1S/C20H22Cl3NO2S/c1-20(2,3)26-19(25)24-11-18(16-9-8-15(22)10-17(16)23)27-12-13-4-6-14(21)7-5-13/h4-10,18H,11-12H2,1-3H3,(H,24,25)/t18-/m1/s1. The van der Waals surface area contributed by atoms with Crippen LogP contribution in [0.15, 0.2) is 42.5 Å². The Kier molecular flexibility index (Phi) is 8.17. The van der Waals surface area contributed by atoms with Crippen molar-refractivity contribution in [3.63, 3.8) is 0 Å². The van der Waals surface area contributed by atoms with E-state index < -0.39 is 11.7 Å². The molecule has 0 bridgehead atoms. The second-order valence-electron chi connectivity index (χ2n) is 6.97. The average Bonchev–Trinajstić information content (AvgIpc) is 2.56. The van der Waals surface area contributed by atoms with Crippen LogP contribution in [0.25, 0.3) is 0 Å². The highest BCUT2D eigenvalue weighted by Gasteiger charge is 2.20. The quantitative estimate of drug-likeness (QED) is 0.512. The first-order valence-electron chi connectivity index (χ1n) is 8.42. The number of nitrogens with one attached hydrogen (secondary N) is 1. The van der Waals surface area contributed by atoms with Crippen LogP contribution in [0, 0.1) is 0 Å². The zero-order valence-corrected chi connectivity index (χ0v) is 18.5. The normalized spacial score (nSPS) is 12.5. The third-order valence-electron chi connectivity index (χ3n) is 3.50. The number of benzene rings is 2. The molecule has 0 spiro atoms. The molecule has 0 aromatic heterocycles. The summed E-state index contributed by atoms with van der Waals surface area (Å²) in [4.78, 5) is 12.0. The molecule has 0 heterocycles. The smallest absolute Gasteiger partial charge is 0.407 e. The molecule has 0 radical (unpaired) electrons. The number of carbonyl (C=O) groups is 1. The van der Waals surface area contributed by atoms with Gasteiger partial charge < -0.3 is 10.1 Å². The summed E-state index contributed by atoms with van der Waals surface area (Å²) in [5.74, 6) is 0.747. The van der Waals surface area contributed by atoms with Crippen molar-refractivity contribution in [3.8, 4) is 0 Å². The van der Waals surface area contributed by atoms with Crippen LogP contribution >= 0.6 is 46.6 Å². The summed E-state index contributed by atoms with van der Waals surface area (Å²) >= 11 is 20.0. The molecule has 1 amide bonds. The number of amides is 1. The first kappa shape index (κ1) is 22.2. The van der Waals surface area contributed by atoms with Gasteiger partial charge in [-0.25, -0.2) is 4.79 Å². The van der Waals surface area contributed by atoms with Crippen molar-refractivity contribution in [2.24, 2.45) is 0 Å². The molecule has 0 saturated heterocycles. The van der Waals surface area contributed by atoms with E-state index in [1.165, 1.54) is 0 Å². The van der Waals surface area contributed by atoms with E-state index >= 15 is 0 Å². The van der Waals surface area contributed by atoms with E-state index in [1.54, 1.807) is 23.9 Å². The van der Waals surface area contributed by atoms with Gasteiger partial charge in [0.1, 0.15) is 5.60 Å². The number of carbonyl (C=O) groups excluding carboxylic acids is 1. The summed E-state index contributed by atoms with van der Waals surface area (Å²) in [7, 11) is 0. The molecule has 1 N–H and O–H groups in total. The van der Waals surface area contributed by atoms with Crippen molar-refractivity contribution < 1.29 is 9.53 Å². The predicted molar refractivity (Wildman–Crippen MR) is 116 cm³/mol. The maximum absolute atomic E-state index is 12.0. The molecule has 0 aliphatic rings. The van der Waals surface area contributed by atoms with Crippen LogP contribution in [0.2, 0.25) is 15.1 Å². The van der Waals surface area contributed by atoms with Crippen LogP contribution < -0.4 is 5.32 Å². The van der Waals surface area contributed by atoms with Crippen LogP contribution in [0.5, 0.6) is 0 Å². The van der Waals surface area contributed by atoms with Crippen LogP contribution in [-0.4, -0.2) is 18.2 Å². The minimum Gasteiger partial charge on any atom is -0.444 e. The molecule has 0 aliphatic carbocycles. The zero-order chi connectivity index (χ0) is 20.0. The van der Waals surface area contributed by atoms with E-state index in [4.69, 9.17) is 39.5 Å². The largest absolute Gasteiger partial charge is 0.444 e. The number of alkyl carbamates (subject to hydrolysis) is 1. The van der Waals surface area contributed by atoms with Gasteiger partial charge >= 0.3 is 6.09 Å². The first-order valence-corrected chi connectivity index (χ1v) is 10.6. The van der Waals surface area contributed by atoms with Crippen molar-refractivity contribution in [3.05, 3.63) is 68.7 Å². The fourth-order valence-corrected chi connectivity index (χ4v) is 4.19. The lowest BCUT2D eigenvalue weighted by molar-refractivity contribution is 0.0528. The Morgan fingerprint density at radius 2 is 1.70 bits per heavy atom. The molecule has 27 heavy (non-hydrogen) atoms. The van der Waals surface area contributed by atoms with Crippen molar-refractivity contribution in [2.45, 2.75) is 37.4 Å². The Bertz CT molecular complexity index is 776. The molecule has 0 saturated carbocycles. The summed E-state index contributed by atoms with van der Waals surface area (Å²) in [6.07, 6.45) is -0.454. The van der Waals surface area contributed by atoms with E-state index in [-0.39, 0.29) is 5.25 Å². The van der Waals surface area contributed by atoms with E-state index in [9.17, 15) is 4.79 Å².